The first-order valence-corrected chi connectivity index (χ1v) is 4.12. The van der Waals surface area contributed by atoms with Gasteiger partial charge >= 0.3 is 6.18 Å². The summed E-state index contributed by atoms with van der Waals surface area (Å²) >= 11 is 0. The molecule has 0 aliphatic heterocycles. The fourth-order valence-corrected chi connectivity index (χ4v) is 1.16. The minimum Gasteiger partial charge on any atom is -0.496 e. The zero-order valence-electron chi connectivity index (χ0n) is 8.18. The SMILES string of the molecule is COc1cc(C(F)(F)F)ccc1C(C)=O. The number of rotatable bonds is 2. The van der Waals surface area contributed by atoms with Crippen LogP contribution in [0.3, 0.4) is 0 Å². The highest BCUT2D eigenvalue weighted by Crippen LogP contribution is 2.33. The molecule has 0 bridgehead atoms. The molecule has 0 N–H and O–H groups in total. The summed E-state index contributed by atoms with van der Waals surface area (Å²) in [5.74, 6) is -0.391. The molecular formula is C10H9F3O2. The second-order valence-corrected chi connectivity index (χ2v) is 2.97. The maximum absolute atomic E-state index is 12.3. The number of hydrogen-bond acceptors (Lipinski definition) is 2. The van der Waals surface area contributed by atoms with Crippen molar-refractivity contribution in [3.63, 3.8) is 0 Å². The highest BCUT2D eigenvalue weighted by molar-refractivity contribution is 5.96. The Morgan fingerprint density at radius 2 is 1.93 bits per heavy atom. The molecular weight excluding hydrogens is 209 g/mol. The zero-order valence-corrected chi connectivity index (χ0v) is 8.18. The standard InChI is InChI=1S/C10H9F3O2/c1-6(14)8-4-3-7(10(11,12)13)5-9(8)15-2/h3-5H,1-2H3. The van der Waals surface area contributed by atoms with Gasteiger partial charge in [0.25, 0.3) is 0 Å². The molecule has 0 saturated carbocycles. The summed E-state index contributed by atoms with van der Waals surface area (Å²) in [4.78, 5) is 11.0. The quantitative estimate of drug-likeness (QED) is 0.713. The molecule has 5 heteroatoms. The smallest absolute Gasteiger partial charge is 0.416 e. The van der Waals surface area contributed by atoms with Gasteiger partial charge in [0.2, 0.25) is 0 Å². The summed E-state index contributed by atoms with van der Waals surface area (Å²) in [5.41, 5.74) is -0.685. The zero-order chi connectivity index (χ0) is 11.6. The first kappa shape index (κ1) is 11.6. The number of methoxy groups -OCH3 is 1. The van der Waals surface area contributed by atoms with E-state index in [1.54, 1.807) is 0 Å². The highest BCUT2D eigenvalue weighted by atomic mass is 19.4. The van der Waals surface area contributed by atoms with Gasteiger partial charge in [-0.2, -0.15) is 13.2 Å². The number of hydrogen-bond donors (Lipinski definition) is 0. The molecule has 2 nitrogen and oxygen atoms in total. The van der Waals surface area contributed by atoms with E-state index in [2.05, 4.69) is 0 Å². The molecule has 0 radical (unpaired) electrons. The maximum atomic E-state index is 12.3. The van der Waals surface area contributed by atoms with Gasteiger partial charge < -0.3 is 4.74 Å². The van der Waals surface area contributed by atoms with Crippen molar-refractivity contribution < 1.29 is 22.7 Å². The molecule has 1 rings (SSSR count). The third-order valence-electron chi connectivity index (χ3n) is 1.91. The minimum absolute atomic E-state index is 0.0580. The number of benzene rings is 1. The topological polar surface area (TPSA) is 26.3 Å². The van der Waals surface area contributed by atoms with Crippen molar-refractivity contribution in [1.82, 2.24) is 0 Å². The summed E-state index contributed by atoms with van der Waals surface area (Å²) in [5, 5.41) is 0. The van der Waals surface area contributed by atoms with Gasteiger partial charge in [0.05, 0.1) is 18.2 Å². The molecule has 1 aromatic rings. The van der Waals surface area contributed by atoms with Crippen molar-refractivity contribution in [3.05, 3.63) is 29.3 Å². The molecule has 0 aliphatic carbocycles. The van der Waals surface area contributed by atoms with Gasteiger partial charge in [-0.15, -0.1) is 0 Å². The second-order valence-electron chi connectivity index (χ2n) is 2.97. The fraction of sp³-hybridized carbons (Fsp3) is 0.300. The van der Waals surface area contributed by atoms with Crippen LogP contribution < -0.4 is 4.74 Å². The lowest BCUT2D eigenvalue weighted by molar-refractivity contribution is -0.137. The average molecular weight is 218 g/mol. The molecule has 0 fully saturated rings. The minimum atomic E-state index is -4.43. The number of carbonyl (C=O) groups is 1. The van der Waals surface area contributed by atoms with E-state index in [0.29, 0.717) is 0 Å². The third-order valence-corrected chi connectivity index (χ3v) is 1.91. The Bertz CT molecular complexity index is 383. The fourth-order valence-electron chi connectivity index (χ4n) is 1.16. The first-order chi connectivity index (χ1) is 6.86. The molecule has 0 unspecified atom stereocenters. The molecule has 0 heterocycles. The van der Waals surface area contributed by atoms with Crippen molar-refractivity contribution in [3.8, 4) is 5.75 Å². The summed E-state index contributed by atoms with van der Waals surface area (Å²) in [6, 6.07) is 2.79. The molecule has 0 saturated heterocycles. The Morgan fingerprint density at radius 3 is 2.33 bits per heavy atom. The molecule has 1 aromatic carbocycles. The van der Waals surface area contributed by atoms with Gasteiger partial charge in [0, 0.05) is 0 Å². The Hall–Kier alpha value is -1.52. The summed E-state index contributed by atoms with van der Waals surface area (Å²) < 4.78 is 41.6. The first-order valence-electron chi connectivity index (χ1n) is 4.12. The van der Waals surface area contributed by atoms with Crippen LogP contribution in [0.5, 0.6) is 5.75 Å². The summed E-state index contributed by atoms with van der Waals surface area (Å²) in [6.07, 6.45) is -4.43. The van der Waals surface area contributed by atoms with E-state index in [0.717, 1.165) is 18.2 Å². The summed E-state index contributed by atoms with van der Waals surface area (Å²) in [6.45, 7) is 1.27. The van der Waals surface area contributed by atoms with Gasteiger partial charge in [-0.3, -0.25) is 4.79 Å². The molecule has 82 valence electrons. The molecule has 0 aromatic heterocycles. The molecule has 0 atom stereocenters. The van der Waals surface area contributed by atoms with E-state index < -0.39 is 11.7 Å². The Kier molecular flexibility index (Phi) is 3.02. The highest BCUT2D eigenvalue weighted by Gasteiger charge is 2.31. The van der Waals surface area contributed by atoms with Crippen molar-refractivity contribution >= 4 is 5.78 Å². The monoisotopic (exact) mass is 218 g/mol. The van der Waals surface area contributed by atoms with E-state index in [1.807, 2.05) is 0 Å². The van der Waals surface area contributed by atoms with Gasteiger partial charge in [-0.25, -0.2) is 0 Å². The van der Waals surface area contributed by atoms with E-state index >= 15 is 0 Å². The molecule has 15 heavy (non-hydrogen) atoms. The average Bonchev–Trinajstić information content (AvgIpc) is 2.15. The number of halogens is 3. The van der Waals surface area contributed by atoms with Crippen LogP contribution in [0.2, 0.25) is 0 Å². The molecule has 0 aliphatic rings. The maximum Gasteiger partial charge on any atom is 0.416 e. The molecule has 0 amide bonds. The van der Waals surface area contributed by atoms with E-state index in [-0.39, 0.29) is 17.1 Å². The lowest BCUT2D eigenvalue weighted by atomic mass is 10.1. The Balaban J connectivity index is 3.25. The van der Waals surface area contributed by atoms with Crippen LogP contribution in [0.4, 0.5) is 13.2 Å². The summed E-state index contributed by atoms with van der Waals surface area (Å²) in [7, 11) is 1.22. The number of ketones is 1. The van der Waals surface area contributed by atoms with Crippen LogP contribution in [0, 0.1) is 0 Å². The number of carbonyl (C=O) groups excluding carboxylic acids is 1. The van der Waals surface area contributed by atoms with Gasteiger partial charge in [0.1, 0.15) is 5.75 Å². The predicted octanol–water partition coefficient (Wildman–Crippen LogP) is 2.92. The predicted molar refractivity (Wildman–Crippen MR) is 48.0 cm³/mol. The van der Waals surface area contributed by atoms with E-state index in [1.165, 1.54) is 14.0 Å². The van der Waals surface area contributed by atoms with Gasteiger partial charge in [0.15, 0.2) is 5.78 Å². The lowest BCUT2D eigenvalue weighted by Gasteiger charge is -2.10. The van der Waals surface area contributed by atoms with Crippen molar-refractivity contribution in [2.75, 3.05) is 7.11 Å². The van der Waals surface area contributed by atoms with Crippen molar-refractivity contribution in [2.45, 2.75) is 13.1 Å². The van der Waals surface area contributed by atoms with Crippen LogP contribution in [-0.2, 0) is 6.18 Å². The normalized spacial score (nSPS) is 11.3. The van der Waals surface area contributed by atoms with Crippen molar-refractivity contribution in [2.24, 2.45) is 0 Å². The van der Waals surface area contributed by atoms with Gasteiger partial charge in [-0.1, -0.05) is 0 Å². The van der Waals surface area contributed by atoms with Crippen LogP contribution in [0.15, 0.2) is 18.2 Å². The lowest BCUT2D eigenvalue weighted by Crippen LogP contribution is -2.07. The van der Waals surface area contributed by atoms with E-state index in [4.69, 9.17) is 4.74 Å². The number of ether oxygens (including phenoxy) is 1. The number of alkyl halides is 3. The number of Topliss-reactive ketones (excluding diaryl/α,β-unsaturated/α-hetero) is 1. The largest absolute Gasteiger partial charge is 0.496 e. The second kappa shape index (κ2) is 3.92. The van der Waals surface area contributed by atoms with Crippen LogP contribution in [0.1, 0.15) is 22.8 Å². The van der Waals surface area contributed by atoms with Crippen LogP contribution in [-0.4, -0.2) is 12.9 Å². The third kappa shape index (κ3) is 2.49. The Labute approximate surface area is 84.7 Å². The van der Waals surface area contributed by atoms with E-state index in [9.17, 15) is 18.0 Å². The Morgan fingerprint density at radius 1 is 1.33 bits per heavy atom. The van der Waals surface area contributed by atoms with Crippen LogP contribution in [0.25, 0.3) is 0 Å². The van der Waals surface area contributed by atoms with Crippen molar-refractivity contribution in [1.29, 1.82) is 0 Å². The van der Waals surface area contributed by atoms with Crippen LogP contribution >= 0.6 is 0 Å². The van der Waals surface area contributed by atoms with Gasteiger partial charge in [-0.05, 0) is 25.1 Å². The molecule has 0 spiro atoms.